The van der Waals surface area contributed by atoms with E-state index < -0.39 is 6.16 Å². The molecule has 0 aliphatic carbocycles. The molecule has 0 bridgehead atoms. The minimum Gasteiger partial charge on any atom is -0.502 e. The third kappa shape index (κ3) is 5.53. The maximum absolute atomic E-state index is 10.6. The van der Waals surface area contributed by atoms with Gasteiger partial charge in [-0.15, -0.1) is 0 Å². The average molecular weight is 296 g/mol. The normalized spacial score (nSPS) is 10.4. The number of ether oxygens (including phenoxy) is 2. The largest absolute Gasteiger partial charge is 0.511 e. The lowest BCUT2D eigenvalue weighted by atomic mass is 10.0. The molecular formula is C16H24O5. The highest BCUT2D eigenvalue weighted by Gasteiger charge is 2.17. The molecule has 0 saturated heterocycles. The Morgan fingerprint density at radius 1 is 1.14 bits per heavy atom. The molecule has 1 rings (SSSR count). The standard InChI is InChI=1S/C16H24O5/c1-3-5-6-7-8-12-9-10-13(21-16(18)19)14(17)15(12)20-11-4-2/h9-10,17H,3-8,11H2,1-2H3,(H,18,19). The number of phenols is 1. The number of aryl methyl sites for hydroxylation is 1. The Bertz CT molecular complexity index is 456. The number of unbranched alkanes of at least 4 members (excludes halogenated alkanes) is 3. The summed E-state index contributed by atoms with van der Waals surface area (Å²) in [7, 11) is 0. The van der Waals surface area contributed by atoms with Gasteiger partial charge >= 0.3 is 6.16 Å². The molecule has 21 heavy (non-hydrogen) atoms. The van der Waals surface area contributed by atoms with E-state index in [0.717, 1.165) is 37.7 Å². The van der Waals surface area contributed by atoms with Gasteiger partial charge in [-0.05, 0) is 30.9 Å². The second-order valence-electron chi connectivity index (χ2n) is 4.93. The summed E-state index contributed by atoms with van der Waals surface area (Å²) < 4.78 is 10.1. The lowest BCUT2D eigenvalue weighted by Crippen LogP contribution is -2.05. The van der Waals surface area contributed by atoms with E-state index in [0.29, 0.717) is 12.4 Å². The lowest BCUT2D eigenvalue weighted by molar-refractivity contribution is 0.142. The fraction of sp³-hybridized carbons (Fsp3) is 0.562. The van der Waals surface area contributed by atoms with Crippen LogP contribution in [0.2, 0.25) is 0 Å². The SMILES string of the molecule is CCCCCCc1ccc(OC(=O)O)c(O)c1OCCC. The van der Waals surface area contributed by atoms with Crippen molar-refractivity contribution in [2.75, 3.05) is 6.61 Å². The van der Waals surface area contributed by atoms with Gasteiger partial charge in [-0.2, -0.15) is 0 Å². The molecule has 0 atom stereocenters. The Morgan fingerprint density at radius 2 is 1.90 bits per heavy atom. The Balaban J connectivity index is 2.89. The number of hydrogen-bond donors (Lipinski definition) is 2. The fourth-order valence-electron chi connectivity index (χ4n) is 2.08. The van der Waals surface area contributed by atoms with Gasteiger partial charge in [0.25, 0.3) is 0 Å². The van der Waals surface area contributed by atoms with E-state index in [1.54, 1.807) is 6.07 Å². The molecule has 0 aliphatic heterocycles. The van der Waals surface area contributed by atoms with Crippen LogP contribution in [0.15, 0.2) is 12.1 Å². The van der Waals surface area contributed by atoms with E-state index in [1.165, 1.54) is 12.5 Å². The number of hydrogen-bond acceptors (Lipinski definition) is 4. The van der Waals surface area contributed by atoms with Crippen LogP contribution in [-0.2, 0) is 6.42 Å². The maximum Gasteiger partial charge on any atom is 0.511 e. The zero-order valence-corrected chi connectivity index (χ0v) is 12.7. The Hall–Kier alpha value is -1.91. The molecule has 0 radical (unpaired) electrons. The highest BCUT2D eigenvalue weighted by atomic mass is 16.7. The van der Waals surface area contributed by atoms with Crippen molar-refractivity contribution in [3.8, 4) is 17.2 Å². The number of carboxylic acid groups (broad SMARTS) is 1. The molecule has 0 spiro atoms. The minimum atomic E-state index is -1.46. The summed E-state index contributed by atoms with van der Waals surface area (Å²) in [6, 6.07) is 3.23. The van der Waals surface area contributed by atoms with Crippen molar-refractivity contribution < 1.29 is 24.5 Å². The summed E-state index contributed by atoms with van der Waals surface area (Å²) in [6.07, 6.45) is 4.61. The van der Waals surface area contributed by atoms with Crippen LogP contribution in [0.4, 0.5) is 4.79 Å². The first-order valence-corrected chi connectivity index (χ1v) is 7.48. The molecule has 2 N–H and O–H groups in total. The molecule has 0 unspecified atom stereocenters. The van der Waals surface area contributed by atoms with E-state index in [-0.39, 0.29) is 11.5 Å². The van der Waals surface area contributed by atoms with Crippen LogP contribution in [0, 0.1) is 0 Å². The topological polar surface area (TPSA) is 76.0 Å². The van der Waals surface area contributed by atoms with Crippen LogP contribution in [-0.4, -0.2) is 23.0 Å². The Labute approximate surface area is 125 Å². The molecule has 0 fully saturated rings. The monoisotopic (exact) mass is 296 g/mol. The van der Waals surface area contributed by atoms with E-state index in [1.807, 2.05) is 6.92 Å². The predicted octanol–water partition coefficient (Wildman–Crippen LogP) is 4.36. The van der Waals surface area contributed by atoms with Gasteiger partial charge in [-0.25, -0.2) is 4.79 Å². The highest BCUT2D eigenvalue weighted by Crippen LogP contribution is 2.40. The molecule has 0 aromatic heterocycles. The molecule has 1 aromatic carbocycles. The molecule has 1 aromatic rings. The number of carbonyl (C=O) groups is 1. The van der Waals surface area contributed by atoms with Gasteiger partial charge in [0.1, 0.15) is 0 Å². The van der Waals surface area contributed by atoms with Crippen molar-refractivity contribution in [2.24, 2.45) is 0 Å². The molecule has 0 heterocycles. The number of benzene rings is 1. The zero-order valence-electron chi connectivity index (χ0n) is 12.7. The quantitative estimate of drug-likeness (QED) is 0.402. The summed E-state index contributed by atoms with van der Waals surface area (Å²) in [6.45, 7) is 4.58. The van der Waals surface area contributed by atoms with Crippen molar-refractivity contribution >= 4 is 6.16 Å². The van der Waals surface area contributed by atoms with Crippen molar-refractivity contribution in [3.63, 3.8) is 0 Å². The van der Waals surface area contributed by atoms with E-state index in [9.17, 15) is 9.90 Å². The summed E-state index contributed by atoms with van der Waals surface area (Å²) in [5.41, 5.74) is 0.884. The smallest absolute Gasteiger partial charge is 0.502 e. The summed E-state index contributed by atoms with van der Waals surface area (Å²) >= 11 is 0. The van der Waals surface area contributed by atoms with Crippen LogP contribution in [0.25, 0.3) is 0 Å². The van der Waals surface area contributed by atoms with Gasteiger partial charge in [0.05, 0.1) is 6.61 Å². The minimum absolute atomic E-state index is 0.0917. The number of aromatic hydroxyl groups is 1. The molecule has 0 amide bonds. The maximum atomic E-state index is 10.6. The van der Waals surface area contributed by atoms with E-state index in [2.05, 4.69) is 11.7 Å². The van der Waals surface area contributed by atoms with Crippen LogP contribution in [0.3, 0.4) is 0 Å². The molecule has 5 heteroatoms. The molecular weight excluding hydrogens is 272 g/mol. The van der Waals surface area contributed by atoms with Gasteiger partial charge in [-0.1, -0.05) is 39.2 Å². The Kier molecular flexibility index (Phi) is 7.43. The first kappa shape index (κ1) is 17.1. The first-order valence-electron chi connectivity index (χ1n) is 7.48. The third-order valence-corrected chi connectivity index (χ3v) is 3.12. The molecule has 5 nitrogen and oxygen atoms in total. The average Bonchev–Trinajstić information content (AvgIpc) is 2.45. The van der Waals surface area contributed by atoms with Gasteiger partial charge in [0.15, 0.2) is 11.5 Å². The molecule has 0 saturated carbocycles. The van der Waals surface area contributed by atoms with Crippen molar-refractivity contribution in [1.82, 2.24) is 0 Å². The van der Waals surface area contributed by atoms with Gasteiger partial charge in [0, 0.05) is 0 Å². The van der Waals surface area contributed by atoms with Gasteiger partial charge in [0.2, 0.25) is 5.75 Å². The van der Waals surface area contributed by atoms with Crippen molar-refractivity contribution in [3.05, 3.63) is 17.7 Å². The summed E-state index contributed by atoms with van der Waals surface area (Å²) in [5.74, 6) is 0.0110. The van der Waals surface area contributed by atoms with Crippen LogP contribution in [0.5, 0.6) is 17.2 Å². The van der Waals surface area contributed by atoms with Crippen LogP contribution < -0.4 is 9.47 Å². The molecule has 118 valence electrons. The Morgan fingerprint density at radius 3 is 2.52 bits per heavy atom. The zero-order chi connectivity index (χ0) is 15.7. The van der Waals surface area contributed by atoms with Crippen LogP contribution >= 0.6 is 0 Å². The van der Waals surface area contributed by atoms with Gasteiger partial charge < -0.3 is 19.7 Å². The second-order valence-corrected chi connectivity index (χ2v) is 4.93. The predicted molar refractivity (Wildman–Crippen MR) is 80.4 cm³/mol. The van der Waals surface area contributed by atoms with E-state index in [4.69, 9.17) is 9.84 Å². The first-order chi connectivity index (χ1) is 10.1. The fourth-order valence-corrected chi connectivity index (χ4v) is 2.08. The molecule has 0 aliphatic rings. The lowest BCUT2D eigenvalue weighted by Gasteiger charge is -2.14. The van der Waals surface area contributed by atoms with E-state index >= 15 is 0 Å². The highest BCUT2D eigenvalue weighted by molar-refractivity contribution is 5.65. The third-order valence-electron chi connectivity index (χ3n) is 3.12. The van der Waals surface area contributed by atoms with Crippen molar-refractivity contribution in [1.29, 1.82) is 0 Å². The summed E-state index contributed by atoms with van der Waals surface area (Å²) in [5, 5.41) is 18.8. The van der Waals surface area contributed by atoms with Crippen molar-refractivity contribution in [2.45, 2.75) is 52.4 Å². The summed E-state index contributed by atoms with van der Waals surface area (Å²) in [4.78, 5) is 10.6. The van der Waals surface area contributed by atoms with Crippen LogP contribution in [0.1, 0.15) is 51.5 Å². The number of phenolic OH excluding ortho intramolecular Hbond substituents is 1. The van der Waals surface area contributed by atoms with Gasteiger partial charge in [-0.3, -0.25) is 0 Å². The number of rotatable bonds is 9. The second kappa shape index (κ2) is 9.10.